The van der Waals surface area contributed by atoms with Crippen LogP contribution in [-0.2, 0) is 4.74 Å². The molecule has 0 radical (unpaired) electrons. The normalized spacial score (nSPS) is 15.1. The number of methoxy groups -OCH3 is 1. The van der Waals surface area contributed by atoms with Crippen LogP contribution in [0.15, 0.2) is 12.1 Å². The van der Waals surface area contributed by atoms with Crippen molar-refractivity contribution in [3.8, 4) is 0 Å². The highest BCUT2D eigenvalue weighted by Gasteiger charge is 2.15. The number of hydrogen-bond acceptors (Lipinski definition) is 5. The molecule has 1 fully saturated rings. The molecule has 3 N–H and O–H groups in total. The number of nitrogens with two attached hydrogens (primary N) is 1. The predicted octanol–water partition coefficient (Wildman–Crippen LogP) is 2.09. The van der Waals surface area contributed by atoms with Crippen LogP contribution in [0, 0.1) is 5.82 Å². The molecule has 0 saturated carbocycles. The van der Waals surface area contributed by atoms with E-state index in [0.717, 1.165) is 32.1 Å². The Hall–Kier alpha value is -1.82. The van der Waals surface area contributed by atoms with E-state index in [4.69, 9.17) is 5.73 Å². The number of nitrogens with one attached hydrogen (secondary N) is 1. The Bertz CT molecular complexity index is 502. The second-order valence-electron chi connectivity index (χ2n) is 5.24. The number of anilines is 2. The molecule has 1 aliphatic heterocycles. The molecule has 21 heavy (non-hydrogen) atoms. The van der Waals surface area contributed by atoms with Gasteiger partial charge in [-0.15, -0.1) is 0 Å². The summed E-state index contributed by atoms with van der Waals surface area (Å²) in [7, 11) is 1.27. The molecule has 0 unspecified atom stereocenters. The molecule has 0 aliphatic carbocycles. The Balaban J connectivity index is 1.91. The van der Waals surface area contributed by atoms with Gasteiger partial charge in [-0.05, 0) is 51.0 Å². The van der Waals surface area contributed by atoms with Gasteiger partial charge in [0.15, 0.2) is 0 Å². The van der Waals surface area contributed by atoms with Crippen LogP contribution in [0.3, 0.4) is 0 Å². The topological polar surface area (TPSA) is 67.6 Å². The zero-order valence-electron chi connectivity index (χ0n) is 12.3. The van der Waals surface area contributed by atoms with Gasteiger partial charge >= 0.3 is 5.97 Å². The highest BCUT2D eigenvalue weighted by Crippen LogP contribution is 2.23. The third kappa shape index (κ3) is 4.07. The summed E-state index contributed by atoms with van der Waals surface area (Å²) in [6.45, 7) is 3.97. The number of likely N-dealkylation sites (tertiary alicyclic amines) is 1. The maximum absolute atomic E-state index is 13.8. The van der Waals surface area contributed by atoms with Crippen molar-refractivity contribution in [3.05, 3.63) is 23.5 Å². The van der Waals surface area contributed by atoms with Crippen molar-refractivity contribution in [2.45, 2.75) is 19.3 Å². The van der Waals surface area contributed by atoms with E-state index in [1.165, 1.54) is 26.0 Å². The zero-order chi connectivity index (χ0) is 15.2. The minimum absolute atomic E-state index is 0.0852. The van der Waals surface area contributed by atoms with Gasteiger partial charge in [0.2, 0.25) is 0 Å². The van der Waals surface area contributed by atoms with Gasteiger partial charge in [-0.25, -0.2) is 9.18 Å². The van der Waals surface area contributed by atoms with Gasteiger partial charge in [0.05, 0.1) is 18.4 Å². The van der Waals surface area contributed by atoms with E-state index in [-0.39, 0.29) is 16.9 Å². The molecule has 0 spiro atoms. The minimum atomic E-state index is -0.562. The van der Waals surface area contributed by atoms with E-state index < -0.39 is 11.8 Å². The van der Waals surface area contributed by atoms with Crippen molar-refractivity contribution >= 4 is 17.3 Å². The van der Waals surface area contributed by atoms with Gasteiger partial charge < -0.3 is 20.7 Å². The zero-order valence-corrected chi connectivity index (χ0v) is 12.3. The molecular formula is C15H22FN3O2. The monoisotopic (exact) mass is 295 g/mol. The Morgan fingerprint density at radius 1 is 1.43 bits per heavy atom. The first kappa shape index (κ1) is 15.6. The molecular weight excluding hydrogens is 273 g/mol. The number of carbonyl (C=O) groups excluding carboxylic acids is 1. The molecule has 0 atom stereocenters. The fourth-order valence-corrected chi connectivity index (χ4v) is 2.54. The summed E-state index contributed by atoms with van der Waals surface area (Å²) in [5, 5.41) is 3.02. The van der Waals surface area contributed by atoms with Crippen molar-refractivity contribution in [2.75, 3.05) is 44.3 Å². The molecule has 0 bridgehead atoms. The van der Waals surface area contributed by atoms with Crippen molar-refractivity contribution in [1.29, 1.82) is 0 Å². The van der Waals surface area contributed by atoms with Gasteiger partial charge in [0.25, 0.3) is 0 Å². The number of nitrogens with zero attached hydrogens (tertiary/aromatic N) is 1. The van der Waals surface area contributed by atoms with Gasteiger partial charge in [-0.3, -0.25) is 0 Å². The Labute approximate surface area is 124 Å². The maximum Gasteiger partial charge on any atom is 0.340 e. The summed E-state index contributed by atoms with van der Waals surface area (Å²) in [5.41, 5.74) is 6.18. The van der Waals surface area contributed by atoms with Crippen LogP contribution in [0.2, 0.25) is 0 Å². The maximum atomic E-state index is 13.8. The number of esters is 1. The smallest absolute Gasteiger partial charge is 0.340 e. The summed E-state index contributed by atoms with van der Waals surface area (Å²) in [4.78, 5) is 13.9. The lowest BCUT2D eigenvalue weighted by Gasteiger charge is -2.15. The number of ether oxygens (including phenoxy) is 1. The molecule has 1 saturated heterocycles. The second-order valence-corrected chi connectivity index (χ2v) is 5.24. The van der Waals surface area contributed by atoms with E-state index >= 15 is 0 Å². The lowest BCUT2D eigenvalue weighted by molar-refractivity contribution is 0.0602. The highest BCUT2D eigenvalue weighted by molar-refractivity contribution is 5.96. The van der Waals surface area contributed by atoms with Crippen molar-refractivity contribution in [2.24, 2.45) is 0 Å². The minimum Gasteiger partial charge on any atom is -0.465 e. The predicted molar refractivity (Wildman–Crippen MR) is 80.9 cm³/mol. The molecule has 1 aromatic rings. The van der Waals surface area contributed by atoms with Gasteiger partial charge in [-0.2, -0.15) is 0 Å². The average Bonchev–Trinajstić information content (AvgIpc) is 2.98. The molecule has 5 nitrogen and oxygen atoms in total. The Kier molecular flexibility index (Phi) is 5.38. The SMILES string of the molecule is COC(=O)c1cc(NCCCN2CCCC2)c(F)cc1N. The molecule has 6 heteroatoms. The van der Waals surface area contributed by atoms with Crippen LogP contribution in [0.25, 0.3) is 0 Å². The van der Waals surface area contributed by atoms with Gasteiger partial charge in [-0.1, -0.05) is 0 Å². The Morgan fingerprint density at radius 2 is 2.14 bits per heavy atom. The van der Waals surface area contributed by atoms with Crippen LogP contribution >= 0.6 is 0 Å². The standard InChI is InChI=1S/C15H22FN3O2/c1-21-15(20)11-9-14(12(16)10-13(11)17)18-5-4-8-19-6-2-3-7-19/h9-10,18H,2-8,17H2,1H3. The van der Waals surface area contributed by atoms with Crippen LogP contribution in [0.4, 0.5) is 15.8 Å². The van der Waals surface area contributed by atoms with E-state index in [1.54, 1.807) is 0 Å². The molecule has 116 valence electrons. The Morgan fingerprint density at radius 3 is 2.81 bits per heavy atom. The number of benzene rings is 1. The largest absolute Gasteiger partial charge is 0.465 e. The van der Waals surface area contributed by atoms with Crippen LogP contribution < -0.4 is 11.1 Å². The van der Waals surface area contributed by atoms with Gasteiger partial charge in [0.1, 0.15) is 5.82 Å². The average molecular weight is 295 g/mol. The van der Waals surface area contributed by atoms with E-state index in [1.807, 2.05) is 0 Å². The van der Waals surface area contributed by atoms with Crippen molar-refractivity contribution < 1.29 is 13.9 Å². The second kappa shape index (κ2) is 7.26. The van der Waals surface area contributed by atoms with E-state index in [0.29, 0.717) is 6.54 Å². The number of carbonyl (C=O) groups is 1. The van der Waals surface area contributed by atoms with Crippen molar-refractivity contribution in [3.63, 3.8) is 0 Å². The van der Waals surface area contributed by atoms with E-state index in [2.05, 4.69) is 15.0 Å². The fraction of sp³-hybridized carbons (Fsp3) is 0.533. The first-order chi connectivity index (χ1) is 10.1. The third-order valence-corrected chi connectivity index (χ3v) is 3.71. The lowest BCUT2D eigenvalue weighted by atomic mass is 10.1. The molecule has 0 aromatic heterocycles. The van der Waals surface area contributed by atoms with E-state index in [9.17, 15) is 9.18 Å². The molecule has 1 heterocycles. The molecule has 2 rings (SSSR count). The van der Waals surface area contributed by atoms with Crippen LogP contribution in [0.5, 0.6) is 0 Å². The number of hydrogen-bond donors (Lipinski definition) is 2. The number of nitrogen functional groups attached to an aromatic ring is 1. The fourth-order valence-electron chi connectivity index (χ4n) is 2.54. The summed E-state index contributed by atoms with van der Waals surface area (Å²) >= 11 is 0. The number of halogens is 1. The summed E-state index contributed by atoms with van der Waals surface area (Å²) in [5.74, 6) is -1.02. The third-order valence-electron chi connectivity index (χ3n) is 3.71. The van der Waals surface area contributed by atoms with Crippen LogP contribution in [-0.4, -0.2) is 44.2 Å². The van der Waals surface area contributed by atoms with Crippen LogP contribution in [0.1, 0.15) is 29.6 Å². The summed E-state index contributed by atoms with van der Waals surface area (Å²) < 4.78 is 18.5. The van der Waals surface area contributed by atoms with Crippen molar-refractivity contribution in [1.82, 2.24) is 4.90 Å². The van der Waals surface area contributed by atoms with Gasteiger partial charge in [0, 0.05) is 12.2 Å². The number of rotatable bonds is 6. The first-order valence-electron chi connectivity index (χ1n) is 7.25. The summed E-state index contributed by atoms with van der Waals surface area (Å²) in [6, 6.07) is 2.56. The molecule has 1 aliphatic rings. The molecule has 1 aromatic carbocycles. The highest BCUT2D eigenvalue weighted by atomic mass is 19.1. The molecule has 0 amide bonds. The quantitative estimate of drug-likeness (QED) is 0.478. The summed E-state index contributed by atoms with van der Waals surface area (Å²) in [6.07, 6.45) is 3.46. The lowest BCUT2D eigenvalue weighted by Crippen LogP contribution is -2.22. The first-order valence-corrected chi connectivity index (χ1v) is 7.25.